The number of benzene rings is 2. The maximum atomic E-state index is 9.89. The molecule has 0 spiro atoms. The van der Waals surface area contributed by atoms with Gasteiger partial charge in [-0.2, -0.15) is 0 Å². The summed E-state index contributed by atoms with van der Waals surface area (Å²) in [6, 6.07) is 0. The van der Waals surface area contributed by atoms with Crippen LogP contribution in [0.3, 0.4) is 0 Å². The number of hydrogen-bond acceptors (Lipinski definition) is 8. The van der Waals surface area contributed by atoms with E-state index in [0.29, 0.717) is 0 Å². The van der Waals surface area contributed by atoms with E-state index >= 15 is 0 Å². The van der Waals surface area contributed by atoms with E-state index in [-0.39, 0.29) is 0 Å². The summed E-state index contributed by atoms with van der Waals surface area (Å²) in [5.41, 5.74) is -1.55. The second-order valence-electron chi connectivity index (χ2n) is 4.36. The van der Waals surface area contributed by atoms with Crippen LogP contribution in [0.5, 0.6) is 40.2 Å². The minimum atomic E-state index is -1.06. The fourth-order valence-electron chi connectivity index (χ4n) is 2.15. The number of furan rings is 1. The van der Waals surface area contributed by atoms with Gasteiger partial charge in [0.25, 0.3) is 0 Å². The fraction of sp³-hybridized carbons (Fsp3) is 0. The third-order valence-electron chi connectivity index (χ3n) is 3.22. The maximum Gasteiger partial charge on any atom is 0.208 e. The Kier molecular flexibility index (Phi) is 2.29. The van der Waals surface area contributed by atoms with Gasteiger partial charge < -0.3 is 40.2 Å². The zero-order chi connectivity index (χ0) is 15.6. The molecule has 9 heteroatoms. The SMILES string of the molecule is [B]c1c(O)c(O)c2c(oc3c(O)c(O)c(O)c(O)c32)c1O. The van der Waals surface area contributed by atoms with E-state index < -0.39 is 67.6 Å². The number of rotatable bonds is 0. The molecule has 3 aromatic rings. The molecule has 0 saturated heterocycles. The Hall–Kier alpha value is -3.10. The molecule has 0 bridgehead atoms. The summed E-state index contributed by atoms with van der Waals surface area (Å²) >= 11 is 0. The minimum absolute atomic E-state index is 0.391. The van der Waals surface area contributed by atoms with Crippen LogP contribution in [-0.4, -0.2) is 43.6 Å². The normalized spacial score (nSPS) is 11.4. The second kappa shape index (κ2) is 3.72. The first-order valence-corrected chi connectivity index (χ1v) is 5.51. The monoisotopic (exact) mass is 290 g/mol. The Balaban J connectivity index is 2.73. The van der Waals surface area contributed by atoms with Crippen LogP contribution < -0.4 is 5.46 Å². The molecule has 0 fully saturated rings. The molecular weight excluding hydrogens is 283 g/mol. The molecule has 0 atom stereocenters. The summed E-state index contributed by atoms with van der Waals surface area (Å²) in [4.78, 5) is 0. The van der Waals surface area contributed by atoms with Crippen molar-refractivity contribution in [3.05, 3.63) is 0 Å². The van der Waals surface area contributed by atoms with Gasteiger partial charge in [0.15, 0.2) is 34.2 Å². The molecule has 7 N–H and O–H groups in total. The maximum absolute atomic E-state index is 9.89. The lowest BCUT2D eigenvalue weighted by Gasteiger charge is -2.07. The largest absolute Gasteiger partial charge is 0.505 e. The van der Waals surface area contributed by atoms with Crippen molar-refractivity contribution in [3.63, 3.8) is 0 Å². The first-order chi connectivity index (χ1) is 9.77. The molecule has 0 amide bonds. The summed E-state index contributed by atoms with van der Waals surface area (Å²) in [5, 5.41) is 67.0. The molecule has 21 heavy (non-hydrogen) atoms. The predicted molar refractivity (Wildman–Crippen MR) is 70.8 cm³/mol. The van der Waals surface area contributed by atoms with Gasteiger partial charge in [0.05, 0.1) is 10.8 Å². The Labute approximate surface area is 116 Å². The highest BCUT2D eigenvalue weighted by Gasteiger charge is 2.28. The highest BCUT2D eigenvalue weighted by Crippen LogP contribution is 2.55. The van der Waals surface area contributed by atoms with Gasteiger partial charge in [-0.1, -0.05) is 0 Å². The van der Waals surface area contributed by atoms with Crippen LogP contribution in [0, 0.1) is 0 Å². The molecule has 1 aromatic heterocycles. The first-order valence-electron chi connectivity index (χ1n) is 5.51. The van der Waals surface area contributed by atoms with Crippen molar-refractivity contribution >= 4 is 35.2 Å². The average Bonchev–Trinajstić information content (AvgIpc) is 2.87. The molecule has 0 unspecified atom stereocenters. The Morgan fingerprint density at radius 2 is 0.952 bits per heavy atom. The van der Waals surface area contributed by atoms with Gasteiger partial charge in [-0.3, -0.25) is 0 Å². The molecule has 106 valence electrons. The lowest BCUT2D eigenvalue weighted by atomic mass is 9.91. The van der Waals surface area contributed by atoms with Crippen molar-refractivity contribution in [1.29, 1.82) is 0 Å². The molecule has 2 aromatic carbocycles. The highest BCUT2D eigenvalue weighted by atomic mass is 16.4. The minimum Gasteiger partial charge on any atom is -0.505 e. The predicted octanol–water partition coefficient (Wildman–Crippen LogP) is 0.319. The zero-order valence-electron chi connectivity index (χ0n) is 10.1. The van der Waals surface area contributed by atoms with Crippen LogP contribution in [0.15, 0.2) is 4.42 Å². The van der Waals surface area contributed by atoms with Crippen molar-refractivity contribution < 1.29 is 40.2 Å². The lowest BCUT2D eigenvalue weighted by Crippen LogP contribution is -2.03. The average molecular weight is 290 g/mol. The lowest BCUT2D eigenvalue weighted by molar-refractivity contribution is 0.348. The molecule has 0 saturated carbocycles. The third kappa shape index (κ3) is 1.34. The van der Waals surface area contributed by atoms with Crippen molar-refractivity contribution in [3.8, 4) is 40.2 Å². The van der Waals surface area contributed by atoms with Crippen molar-refractivity contribution in [1.82, 2.24) is 0 Å². The summed E-state index contributed by atoms with van der Waals surface area (Å²) in [7, 11) is 5.36. The van der Waals surface area contributed by atoms with E-state index in [1.54, 1.807) is 0 Å². The third-order valence-corrected chi connectivity index (χ3v) is 3.22. The number of phenolic OH excluding ortho intramolecular Hbond substituents is 7. The second-order valence-corrected chi connectivity index (χ2v) is 4.36. The topological polar surface area (TPSA) is 155 Å². The van der Waals surface area contributed by atoms with E-state index in [1.807, 2.05) is 0 Å². The van der Waals surface area contributed by atoms with Gasteiger partial charge >= 0.3 is 0 Å². The van der Waals surface area contributed by atoms with Gasteiger partial charge in [-0.05, 0) is 5.46 Å². The van der Waals surface area contributed by atoms with Gasteiger partial charge in [-0.25, -0.2) is 0 Å². The molecule has 2 radical (unpaired) electrons. The van der Waals surface area contributed by atoms with E-state index in [0.717, 1.165) is 0 Å². The summed E-state index contributed by atoms with van der Waals surface area (Å²) in [6.07, 6.45) is 0. The van der Waals surface area contributed by atoms with Crippen LogP contribution in [0.25, 0.3) is 21.9 Å². The van der Waals surface area contributed by atoms with Gasteiger partial charge in [0.2, 0.25) is 17.2 Å². The van der Waals surface area contributed by atoms with Crippen LogP contribution in [0.2, 0.25) is 0 Å². The summed E-state index contributed by atoms with van der Waals surface area (Å²) in [5.74, 6) is -6.39. The van der Waals surface area contributed by atoms with E-state index in [4.69, 9.17) is 12.3 Å². The zero-order valence-corrected chi connectivity index (χ0v) is 10.1. The van der Waals surface area contributed by atoms with E-state index in [9.17, 15) is 35.7 Å². The van der Waals surface area contributed by atoms with Gasteiger partial charge in [0.1, 0.15) is 7.85 Å². The van der Waals surface area contributed by atoms with Crippen LogP contribution in [0.1, 0.15) is 0 Å². The smallest absolute Gasteiger partial charge is 0.208 e. The van der Waals surface area contributed by atoms with Gasteiger partial charge in [0, 0.05) is 0 Å². The summed E-state index contributed by atoms with van der Waals surface area (Å²) < 4.78 is 5.07. The quantitative estimate of drug-likeness (QED) is 0.177. The number of phenols is 7. The van der Waals surface area contributed by atoms with E-state index in [1.165, 1.54) is 0 Å². The van der Waals surface area contributed by atoms with Crippen molar-refractivity contribution in [2.45, 2.75) is 0 Å². The fourth-order valence-corrected chi connectivity index (χ4v) is 2.15. The molecule has 1 heterocycles. The van der Waals surface area contributed by atoms with Crippen molar-refractivity contribution in [2.75, 3.05) is 0 Å². The standard InChI is InChI=1S/C12H7BO8/c13-3-6(16)4(14)1-2-5(15)8(18)9(19)10(20)12(2)21-11(1)7(3)17/h14-20H. The van der Waals surface area contributed by atoms with Gasteiger partial charge in [-0.15, -0.1) is 0 Å². The molecule has 8 nitrogen and oxygen atoms in total. The number of hydrogen-bond donors (Lipinski definition) is 7. The Morgan fingerprint density at radius 3 is 1.52 bits per heavy atom. The molecule has 3 rings (SSSR count). The van der Waals surface area contributed by atoms with E-state index in [2.05, 4.69) is 0 Å². The number of fused-ring (bicyclic) bond motifs is 3. The molecule has 0 aliphatic heterocycles. The van der Waals surface area contributed by atoms with Crippen LogP contribution >= 0.6 is 0 Å². The number of aromatic hydroxyl groups is 7. The Bertz CT molecular complexity index is 853. The first kappa shape index (κ1) is 12.9. The molecule has 0 aliphatic carbocycles. The van der Waals surface area contributed by atoms with Crippen LogP contribution in [-0.2, 0) is 0 Å². The molecule has 0 aliphatic rings. The molecular formula is C12H7BO8. The summed E-state index contributed by atoms with van der Waals surface area (Å²) in [6.45, 7) is 0. The van der Waals surface area contributed by atoms with Crippen LogP contribution in [0.4, 0.5) is 0 Å². The highest BCUT2D eigenvalue weighted by molar-refractivity contribution is 6.39. The Morgan fingerprint density at radius 1 is 0.524 bits per heavy atom. The van der Waals surface area contributed by atoms with Crippen molar-refractivity contribution in [2.24, 2.45) is 0 Å².